The molecule has 0 heterocycles. The van der Waals surface area contributed by atoms with E-state index < -0.39 is 16.8 Å². The predicted molar refractivity (Wildman–Crippen MR) is 21.1 cm³/mol. The molecule has 2 nitrogen and oxygen atoms in total. The number of hydrogen-bond donors (Lipinski definition) is 0. The largest absolute Gasteiger partial charge is 0.337 e. The van der Waals surface area contributed by atoms with Crippen molar-refractivity contribution in [2.24, 2.45) is 0 Å². The quantitative estimate of drug-likeness (QED) is 0.588. The molecule has 0 amide bonds. The van der Waals surface area contributed by atoms with Crippen molar-refractivity contribution in [2.75, 3.05) is 0 Å². The lowest BCUT2D eigenvalue weighted by molar-refractivity contribution is 0.234. The zero-order valence-corrected chi connectivity index (χ0v) is 4.51. The van der Waals surface area contributed by atoms with E-state index in [1.54, 1.807) is 0 Å². The maximum Gasteiger partial charge on any atom is 0.337 e. The molecule has 0 aromatic heterocycles. The van der Waals surface area contributed by atoms with Gasteiger partial charge in [0, 0.05) is 0 Å². The van der Waals surface area contributed by atoms with Gasteiger partial charge < -0.3 is 0 Å². The zero-order valence-electron chi connectivity index (χ0n) is 2.94. The zero-order chi connectivity index (χ0) is 5.86. The number of halogens is 3. The average molecular weight is 151 g/mol. The highest BCUT2D eigenvalue weighted by molar-refractivity contribution is 7.81. The molecular formula is CHClF2O2S. The fourth-order valence-electron chi connectivity index (χ4n) is 0.0275. The molecule has 0 aromatic rings. The fourth-order valence-corrected chi connectivity index (χ4v) is 0.247. The second-order valence-corrected chi connectivity index (χ2v) is 1.97. The van der Waals surface area contributed by atoms with Crippen molar-refractivity contribution in [1.82, 2.24) is 0 Å². The highest BCUT2D eigenvalue weighted by atomic mass is 35.5. The van der Waals surface area contributed by atoms with Gasteiger partial charge in [0.25, 0.3) is 0 Å². The van der Waals surface area contributed by atoms with E-state index in [2.05, 4.69) is 15.6 Å². The Morgan fingerprint density at radius 1 is 1.71 bits per heavy atom. The number of alkyl halides is 2. The van der Waals surface area contributed by atoms with Crippen molar-refractivity contribution in [3.05, 3.63) is 0 Å². The van der Waals surface area contributed by atoms with Crippen LogP contribution in [0.25, 0.3) is 0 Å². The summed E-state index contributed by atoms with van der Waals surface area (Å²) in [6.07, 6.45) is 0. The maximum absolute atomic E-state index is 10.9. The van der Waals surface area contributed by atoms with Gasteiger partial charge in [-0.05, 0) is 0 Å². The molecule has 0 fully saturated rings. The summed E-state index contributed by atoms with van der Waals surface area (Å²) in [6, 6.07) is 0. The summed E-state index contributed by atoms with van der Waals surface area (Å²) in [7, 11) is 0. The molecule has 0 aliphatic heterocycles. The topological polar surface area (TPSA) is 26.3 Å². The first kappa shape index (κ1) is 7.26. The maximum atomic E-state index is 10.9. The Labute approximate surface area is 46.2 Å². The first-order valence-corrected chi connectivity index (χ1v) is 2.61. The van der Waals surface area contributed by atoms with Gasteiger partial charge in [-0.1, -0.05) is 0 Å². The van der Waals surface area contributed by atoms with Crippen LogP contribution in [0.2, 0.25) is 0 Å². The van der Waals surface area contributed by atoms with E-state index >= 15 is 0 Å². The van der Waals surface area contributed by atoms with E-state index in [1.165, 1.54) is 0 Å². The summed E-state index contributed by atoms with van der Waals surface area (Å²) < 4.78 is 34.6. The van der Waals surface area contributed by atoms with Crippen LogP contribution in [0.15, 0.2) is 0 Å². The van der Waals surface area contributed by atoms with E-state index in [0.717, 1.165) is 0 Å². The second-order valence-electron chi connectivity index (χ2n) is 0.584. The van der Waals surface area contributed by atoms with Gasteiger partial charge in [0.15, 0.2) is 0 Å². The number of rotatable bonds is 2. The minimum Gasteiger partial charge on any atom is -0.222 e. The molecule has 1 unspecified atom stereocenters. The Morgan fingerprint density at radius 2 is 2.14 bits per heavy atom. The lowest BCUT2D eigenvalue weighted by Gasteiger charge is -1.87. The number of hydrogen-bond acceptors (Lipinski definition) is 2. The molecule has 0 aliphatic carbocycles. The van der Waals surface area contributed by atoms with Crippen LogP contribution >= 0.6 is 11.9 Å². The van der Waals surface area contributed by atoms with Crippen molar-refractivity contribution in [3.63, 3.8) is 0 Å². The second kappa shape index (κ2) is 3.29. The third-order valence-corrected chi connectivity index (χ3v) is 0.995. The molecule has 0 saturated heterocycles. The molecule has 0 bridgehead atoms. The van der Waals surface area contributed by atoms with Crippen LogP contribution in [0.3, 0.4) is 0 Å². The minimum absolute atomic E-state index is 2.65. The van der Waals surface area contributed by atoms with E-state index in [9.17, 15) is 13.0 Å². The van der Waals surface area contributed by atoms with E-state index in [4.69, 9.17) is 0 Å². The molecule has 0 spiro atoms. The molecule has 0 aromatic carbocycles. The van der Waals surface area contributed by atoms with Crippen LogP contribution in [0.4, 0.5) is 8.78 Å². The lowest BCUT2D eigenvalue weighted by atomic mass is 11.7. The molecule has 7 heavy (non-hydrogen) atoms. The highest BCUT2D eigenvalue weighted by Gasteiger charge is 2.12. The van der Waals surface area contributed by atoms with Crippen LogP contribution in [0.1, 0.15) is 0 Å². The smallest absolute Gasteiger partial charge is 0.222 e. The fraction of sp³-hybridized carbons (Fsp3) is 1.00. The Morgan fingerprint density at radius 3 is 2.14 bits per heavy atom. The van der Waals surface area contributed by atoms with Crippen molar-refractivity contribution in [3.8, 4) is 0 Å². The third kappa shape index (κ3) is 2.90. The first-order valence-electron chi connectivity index (χ1n) is 1.16. The highest BCUT2D eigenvalue weighted by Crippen LogP contribution is 2.01. The Balaban J connectivity index is 3.35. The van der Waals surface area contributed by atoms with Crippen molar-refractivity contribution in [2.45, 2.75) is 5.76 Å². The monoisotopic (exact) mass is 150 g/mol. The van der Waals surface area contributed by atoms with Gasteiger partial charge in [0.05, 0.1) is 11.9 Å². The lowest BCUT2D eigenvalue weighted by Crippen LogP contribution is -1.99. The van der Waals surface area contributed by atoms with Crippen LogP contribution in [-0.2, 0) is 14.8 Å². The normalized spacial score (nSPS) is 14.9. The van der Waals surface area contributed by atoms with Crippen molar-refractivity contribution >= 4 is 22.9 Å². The summed E-state index contributed by atoms with van der Waals surface area (Å²) in [5.41, 5.74) is 0. The van der Waals surface area contributed by atoms with Gasteiger partial charge in [-0.2, -0.15) is 12.5 Å². The molecule has 0 saturated carbocycles. The molecule has 0 N–H and O–H groups in total. The van der Waals surface area contributed by atoms with Crippen LogP contribution in [0, 0.1) is 0 Å². The molecule has 0 radical (unpaired) electrons. The molecule has 6 heteroatoms. The third-order valence-electron chi connectivity index (χ3n) is 0.208. The van der Waals surface area contributed by atoms with Gasteiger partial charge >= 0.3 is 5.76 Å². The summed E-state index contributed by atoms with van der Waals surface area (Å²) in [5, 5.41) is 0. The Hall–Kier alpha value is 0.260. The van der Waals surface area contributed by atoms with Crippen molar-refractivity contribution in [1.29, 1.82) is 0 Å². The minimum atomic E-state index is -3.02. The first-order chi connectivity index (χ1) is 3.18. The van der Waals surface area contributed by atoms with Crippen LogP contribution < -0.4 is 0 Å². The van der Waals surface area contributed by atoms with Gasteiger partial charge in [0.2, 0.25) is 11.1 Å². The molecule has 0 rings (SSSR count). The van der Waals surface area contributed by atoms with E-state index in [0.29, 0.717) is 0 Å². The van der Waals surface area contributed by atoms with Gasteiger partial charge in [-0.3, -0.25) is 0 Å². The molecular weight excluding hydrogens is 150 g/mol. The van der Waals surface area contributed by atoms with Crippen LogP contribution in [-0.4, -0.2) is 9.97 Å². The predicted octanol–water partition coefficient (Wildman–Crippen LogP) is 1.04. The standard InChI is InChI=1S/CHClF2O2S/c2-6-7(5)1(3)4/h1H. The SMILES string of the molecule is O=S(OCl)C(F)F. The van der Waals surface area contributed by atoms with Gasteiger partial charge in [0.1, 0.15) is 0 Å². The Kier molecular flexibility index (Phi) is 3.41. The Bertz CT molecular complexity index is 76.1. The molecule has 1 atom stereocenters. The summed E-state index contributed by atoms with van der Waals surface area (Å²) >= 11 is 1.62. The van der Waals surface area contributed by atoms with Crippen molar-refractivity contribution < 1.29 is 16.7 Å². The summed E-state index contributed by atoms with van der Waals surface area (Å²) in [4.78, 5) is 0. The van der Waals surface area contributed by atoms with Crippen LogP contribution in [0.5, 0.6) is 0 Å². The molecule has 0 aliphatic rings. The van der Waals surface area contributed by atoms with Gasteiger partial charge in [-0.25, -0.2) is 4.21 Å². The van der Waals surface area contributed by atoms with Gasteiger partial charge in [-0.15, -0.1) is 0 Å². The summed E-state index contributed by atoms with van der Waals surface area (Å²) in [6.45, 7) is 0. The average Bonchev–Trinajstić information content (AvgIpc) is 1.65. The molecule has 44 valence electrons. The van der Waals surface area contributed by atoms with E-state index in [-0.39, 0.29) is 0 Å². The summed E-state index contributed by atoms with van der Waals surface area (Å²) in [5.74, 6) is -3.02. The van der Waals surface area contributed by atoms with E-state index in [1.807, 2.05) is 0 Å².